The van der Waals surface area contributed by atoms with Gasteiger partial charge < -0.3 is 0 Å². The van der Waals surface area contributed by atoms with Crippen molar-refractivity contribution in [1.82, 2.24) is 15.1 Å². The maximum absolute atomic E-state index is 11.8. The minimum absolute atomic E-state index is 0.243. The maximum Gasteiger partial charge on any atom is 0.328 e. The van der Waals surface area contributed by atoms with Crippen LogP contribution in [0, 0.1) is 0 Å². The molecule has 3 rings (SSSR count). The molecule has 0 atom stereocenters. The SMILES string of the molecule is Cn1ncc2cc(N3CCC(=O)NC3=O)cc(C=O)c21. The third kappa shape index (κ3) is 1.83. The van der Waals surface area contributed by atoms with Crippen LogP contribution in [0.2, 0.25) is 0 Å². The summed E-state index contributed by atoms with van der Waals surface area (Å²) < 4.78 is 1.61. The normalized spacial score (nSPS) is 15.6. The van der Waals surface area contributed by atoms with E-state index in [1.165, 1.54) is 4.90 Å². The van der Waals surface area contributed by atoms with Gasteiger partial charge in [0, 0.05) is 36.7 Å². The number of amides is 3. The first-order valence-corrected chi connectivity index (χ1v) is 6.12. The molecule has 1 aliphatic heterocycles. The molecule has 0 aliphatic carbocycles. The van der Waals surface area contributed by atoms with E-state index in [0.717, 1.165) is 17.2 Å². The molecule has 7 nitrogen and oxygen atoms in total. The van der Waals surface area contributed by atoms with Crippen LogP contribution >= 0.6 is 0 Å². The molecule has 0 radical (unpaired) electrons. The van der Waals surface area contributed by atoms with Gasteiger partial charge in [-0.15, -0.1) is 0 Å². The topological polar surface area (TPSA) is 84.3 Å². The first kappa shape index (κ1) is 12.3. The van der Waals surface area contributed by atoms with Crippen molar-refractivity contribution in [3.05, 3.63) is 23.9 Å². The molecule has 7 heteroatoms. The maximum atomic E-state index is 11.8. The molecule has 0 spiro atoms. The highest BCUT2D eigenvalue weighted by Crippen LogP contribution is 2.26. The molecule has 2 aromatic rings. The Morgan fingerprint density at radius 1 is 1.35 bits per heavy atom. The van der Waals surface area contributed by atoms with Gasteiger partial charge in [-0.25, -0.2) is 4.79 Å². The Hall–Kier alpha value is -2.70. The van der Waals surface area contributed by atoms with Crippen molar-refractivity contribution in [2.75, 3.05) is 11.4 Å². The number of aldehydes is 1. The van der Waals surface area contributed by atoms with Crippen LogP contribution in [0.4, 0.5) is 10.5 Å². The average Bonchev–Trinajstić information content (AvgIpc) is 2.79. The van der Waals surface area contributed by atoms with E-state index < -0.39 is 6.03 Å². The van der Waals surface area contributed by atoms with E-state index in [1.54, 1.807) is 30.1 Å². The Morgan fingerprint density at radius 2 is 2.15 bits per heavy atom. The van der Waals surface area contributed by atoms with E-state index >= 15 is 0 Å². The molecule has 1 fully saturated rings. The van der Waals surface area contributed by atoms with Crippen molar-refractivity contribution < 1.29 is 14.4 Å². The molecule has 2 heterocycles. The van der Waals surface area contributed by atoms with E-state index in [2.05, 4.69) is 10.4 Å². The molecular weight excluding hydrogens is 260 g/mol. The van der Waals surface area contributed by atoms with Crippen LogP contribution < -0.4 is 10.2 Å². The quantitative estimate of drug-likeness (QED) is 0.821. The summed E-state index contributed by atoms with van der Waals surface area (Å²) in [7, 11) is 1.75. The van der Waals surface area contributed by atoms with Gasteiger partial charge in [-0.2, -0.15) is 5.10 Å². The Labute approximate surface area is 114 Å². The lowest BCUT2D eigenvalue weighted by Gasteiger charge is -2.26. The van der Waals surface area contributed by atoms with E-state index in [0.29, 0.717) is 17.8 Å². The fourth-order valence-corrected chi connectivity index (χ4v) is 2.40. The minimum atomic E-state index is -0.471. The lowest BCUT2D eigenvalue weighted by atomic mass is 10.1. The molecule has 1 saturated heterocycles. The molecule has 0 bridgehead atoms. The lowest BCUT2D eigenvalue weighted by molar-refractivity contribution is -0.120. The zero-order valence-corrected chi connectivity index (χ0v) is 10.8. The zero-order chi connectivity index (χ0) is 14.3. The second-order valence-corrected chi connectivity index (χ2v) is 4.61. The van der Waals surface area contributed by atoms with Gasteiger partial charge in [0.25, 0.3) is 0 Å². The fraction of sp³-hybridized carbons (Fsp3) is 0.231. The zero-order valence-electron chi connectivity index (χ0n) is 10.8. The summed E-state index contributed by atoms with van der Waals surface area (Å²) >= 11 is 0. The number of fused-ring (bicyclic) bond motifs is 1. The van der Waals surface area contributed by atoms with Crippen molar-refractivity contribution in [2.45, 2.75) is 6.42 Å². The number of carbonyl (C=O) groups excluding carboxylic acids is 3. The van der Waals surface area contributed by atoms with Crippen molar-refractivity contribution in [1.29, 1.82) is 0 Å². The Bertz CT molecular complexity index is 735. The third-order valence-corrected chi connectivity index (χ3v) is 3.34. The standard InChI is InChI=1S/C13H12N4O3/c1-16-12-8(6-14-16)4-10(5-9(12)7-18)17-3-2-11(19)15-13(17)20/h4-7H,2-3H2,1H3,(H,15,19,20). The van der Waals surface area contributed by atoms with E-state index in [9.17, 15) is 14.4 Å². The highest BCUT2D eigenvalue weighted by Gasteiger charge is 2.25. The third-order valence-electron chi connectivity index (χ3n) is 3.34. The van der Waals surface area contributed by atoms with Crippen LogP contribution in [0.5, 0.6) is 0 Å². The van der Waals surface area contributed by atoms with E-state index in [4.69, 9.17) is 0 Å². The number of nitrogens with zero attached hydrogens (tertiary/aromatic N) is 3. The molecule has 0 unspecified atom stereocenters. The highest BCUT2D eigenvalue weighted by molar-refractivity contribution is 6.07. The lowest BCUT2D eigenvalue weighted by Crippen LogP contribution is -2.49. The second-order valence-electron chi connectivity index (χ2n) is 4.61. The average molecular weight is 272 g/mol. The number of nitrogens with one attached hydrogen (secondary N) is 1. The van der Waals surface area contributed by atoms with Crippen molar-refractivity contribution in [2.24, 2.45) is 7.05 Å². The van der Waals surface area contributed by atoms with Gasteiger partial charge >= 0.3 is 6.03 Å². The Balaban J connectivity index is 2.10. The van der Waals surface area contributed by atoms with Crippen LogP contribution in [-0.4, -0.2) is 34.5 Å². The Morgan fingerprint density at radius 3 is 2.85 bits per heavy atom. The molecule has 3 amide bonds. The molecule has 1 aromatic carbocycles. The van der Waals surface area contributed by atoms with Gasteiger partial charge in [0.15, 0.2) is 6.29 Å². The minimum Gasteiger partial charge on any atom is -0.298 e. The summed E-state index contributed by atoms with van der Waals surface area (Å²) in [6.07, 6.45) is 2.62. The van der Waals surface area contributed by atoms with Crippen LogP contribution in [-0.2, 0) is 11.8 Å². The van der Waals surface area contributed by atoms with Crippen LogP contribution in [0.1, 0.15) is 16.8 Å². The summed E-state index contributed by atoms with van der Waals surface area (Å²) in [6.45, 7) is 0.300. The number of rotatable bonds is 2. The number of aryl methyl sites for hydroxylation is 1. The van der Waals surface area contributed by atoms with E-state index in [-0.39, 0.29) is 12.3 Å². The van der Waals surface area contributed by atoms with Crippen LogP contribution in [0.25, 0.3) is 10.9 Å². The molecule has 20 heavy (non-hydrogen) atoms. The van der Waals surface area contributed by atoms with Crippen molar-refractivity contribution in [3.63, 3.8) is 0 Å². The first-order chi connectivity index (χ1) is 9.60. The highest BCUT2D eigenvalue weighted by atomic mass is 16.2. The van der Waals surface area contributed by atoms with Gasteiger partial charge in [-0.05, 0) is 12.1 Å². The molecule has 0 saturated carbocycles. The summed E-state index contributed by atoms with van der Waals surface area (Å²) in [5.74, 6) is -0.288. The molecule has 1 N–H and O–H groups in total. The predicted molar refractivity (Wildman–Crippen MR) is 71.6 cm³/mol. The first-order valence-electron chi connectivity index (χ1n) is 6.12. The monoisotopic (exact) mass is 272 g/mol. The summed E-state index contributed by atoms with van der Waals surface area (Å²) in [5.41, 5.74) is 1.76. The number of benzene rings is 1. The van der Waals surface area contributed by atoms with E-state index in [1.807, 2.05) is 0 Å². The van der Waals surface area contributed by atoms with Gasteiger partial charge in [-0.1, -0.05) is 0 Å². The summed E-state index contributed by atoms with van der Waals surface area (Å²) in [4.78, 5) is 35.7. The smallest absolute Gasteiger partial charge is 0.298 e. The predicted octanol–water partition coefficient (Wildman–Crippen LogP) is 0.832. The largest absolute Gasteiger partial charge is 0.328 e. The molecule has 1 aromatic heterocycles. The fourth-order valence-electron chi connectivity index (χ4n) is 2.40. The van der Waals surface area contributed by atoms with Crippen molar-refractivity contribution >= 4 is 34.8 Å². The van der Waals surface area contributed by atoms with Gasteiger partial charge in [0.2, 0.25) is 5.91 Å². The number of anilines is 1. The summed E-state index contributed by atoms with van der Waals surface area (Å²) in [6, 6.07) is 2.94. The van der Waals surface area contributed by atoms with Gasteiger partial charge in [-0.3, -0.25) is 24.5 Å². The summed E-state index contributed by atoms with van der Waals surface area (Å²) in [5, 5.41) is 7.14. The number of carbonyl (C=O) groups is 3. The number of urea groups is 1. The number of hydrogen-bond donors (Lipinski definition) is 1. The van der Waals surface area contributed by atoms with Gasteiger partial charge in [0.1, 0.15) is 0 Å². The number of aromatic nitrogens is 2. The number of hydrogen-bond acceptors (Lipinski definition) is 4. The van der Waals surface area contributed by atoms with Crippen molar-refractivity contribution in [3.8, 4) is 0 Å². The van der Waals surface area contributed by atoms with Crippen LogP contribution in [0.3, 0.4) is 0 Å². The molecule has 102 valence electrons. The number of imide groups is 1. The van der Waals surface area contributed by atoms with Gasteiger partial charge in [0.05, 0.1) is 11.7 Å². The van der Waals surface area contributed by atoms with Crippen LogP contribution in [0.15, 0.2) is 18.3 Å². The second kappa shape index (κ2) is 4.44. The molecule has 1 aliphatic rings. The molecular formula is C13H12N4O3. The Kier molecular flexibility index (Phi) is 2.74.